The first-order valence-corrected chi connectivity index (χ1v) is 13.6. The SMILES string of the molecule is CCCCNC(=O)[C@H](C)C[C@H](O)[C@@H]1C[C@H](C)CCCCC[C@H](C)CCC(=O)N(C)[C@@H](C)C(=O)N1. The van der Waals surface area contributed by atoms with Gasteiger partial charge in [-0.25, -0.2) is 0 Å². The molecule has 1 saturated heterocycles. The average molecular weight is 482 g/mol. The van der Waals surface area contributed by atoms with Gasteiger partial charge < -0.3 is 20.6 Å². The largest absolute Gasteiger partial charge is 0.391 e. The second kappa shape index (κ2) is 16.1. The summed E-state index contributed by atoms with van der Waals surface area (Å²) in [6.07, 6.45) is 8.97. The summed E-state index contributed by atoms with van der Waals surface area (Å²) in [5, 5.41) is 17.0. The van der Waals surface area contributed by atoms with E-state index in [0.717, 1.165) is 44.9 Å². The predicted octanol–water partition coefficient (Wildman–Crippen LogP) is 4.03. The zero-order chi connectivity index (χ0) is 25.7. The highest BCUT2D eigenvalue weighted by Gasteiger charge is 2.30. The molecule has 0 aromatic carbocycles. The van der Waals surface area contributed by atoms with Crippen molar-refractivity contribution < 1.29 is 19.5 Å². The van der Waals surface area contributed by atoms with Gasteiger partial charge in [-0.15, -0.1) is 0 Å². The molecule has 1 fully saturated rings. The number of carbonyl (C=O) groups is 3. The molecule has 0 aliphatic carbocycles. The van der Waals surface area contributed by atoms with Crippen molar-refractivity contribution in [1.29, 1.82) is 0 Å². The van der Waals surface area contributed by atoms with Crippen molar-refractivity contribution in [2.45, 2.75) is 123 Å². The molecule has 3 N–H and O–H groups in total. The summed E-state index contributed by atoms with van der Waals surface area (Å²) in [7, 11) is 1.68. The Balaban J connectivity index is 2.89. The smallest absolute Gasteiger partial charge is 0.242 e. The quantitative estimate of drug-likeness (QED) is 0.478. The van der Waals surface area contributed by atoms with E-state index in [0.29, 0.717) is 31.2 Å². The van der Waals surface area contributed by atoms with Crippen LogP contribution in [-0.2, 0) is 14.4 Å². The first-order chi connectivity index (χ1) is 16.1. The van der Waals surface area contributed by atoms with E-state index in [1.54, 1.807) is 14.0 Å². The number of aliphatic hydroxyl groups is 1. The molecule has 0 radical (unpaired) electrons. The third-order valence-electron chi connectivity index (χ3n) is 7.42. The van der Waals surface area contributed by atoms with Gasteiger partial charge in [0.2, 0.25) is 17.7 Å². The molecule has 0 saturated carbocycles. The topological polar surface area (TPSA) is 98.7 Å². The van der Waals surface area contributed by atoms with Gasteiger partial charge in [-0.1, -0.05) is 66.2 Å². The molecule has 0 spiro atoms. The fourth-order valence-electron chi connectivity index (χ4n) is 4.61. The molecular formula is C27H51N3O4. The molecule has 7 heteroatoms. The van der Waals surface area contributed by atoms with E-state index in [2.05, 4.69) is 31.4 Å². The summed E-state index contributed by atoms with van der Waals surface area (Å²) in [6, 6.07) is -1.07. The Bertz CT molecular complexity index is 627. The lowest BCUT2D eigenvalue weighted by atomic mass is 9.88. The Labute approximate surface area is 207 Å². The van der Waals surface area contributed by atoms with E-state index >= 15 is 0 Å². The van der Waals surface area contributed by atoms with Gasteiger partial charge in [0, 0.05) is 25.9 Å². The molecule has 0 aromatic rings. The predicted molar refractivity (Wildman–Crippen MR) is 137 cm³/mol. The van der Waals surface area contributed by atoms with E-state index in [1.165, 1.54) is 11.3 Å². The Morgan fingerprint density at radius 1 is 1.12 bits per heavy atom. The van der Waals surface area contributed by atoms with Crippen LogP contribution in [0.5, 0.6) is 0 Å². The van der Waals surface area contributed by atoms with Crippen LogP contribution in [0.3, 0.4) is 0 Å². The summed E-state index contributed by atoms with van der Waals surface area (Å²) in [4.78, 5) is 39.6. The molecule has 0 unspecified atom stereocenters. The molecule has 1 aliphatic rings. The molecule has 1 rings (SSSR count). The molecule has 0 aromatic heterocycles. The first kappa shape index (κ1) is 30.4. The highest BCUT2D eigenvalue weighted by Crippen LogP contribution is 2.22. The number of nitrogens with one attached hydrogen (secondary N) is 2. The second-order valence-corrected chi connectivity index (χ2v) is 10.8. The minimum absolute atomic E-state index is 0.0237. The standard InChI is InChI=1S/C27H51N3O4/c1-7-8-16-28-26(33)21(4)18-24(31)23-17-20(3)13-11-9-10-12-19(2)14-15-25(32)30(6)22(5)27(34)29-23/h19-24,31H,7-18H2,1-6H3,(H,28,33)(H,29,34)/t19-,20+,21+,22-,23-,24-/m0/s1. The van der Waals surface area contributed by atoms with Crippen LogP contribution < -0.4 is 10.6 Å². The lowest BCUT2D eigenvalue weighted by Gasteiger charge is -2.31. The van der Waals surface area contributed by atoms with Crippen LogP contribution in [-0.4, -0.2) is 59.5 Å². The zero-order valence-corrected chi connectivity index (χ0v) is 22.6. The van der Waals surface area contributed by atoms with Crippen LogP contribution in [0.2, 0.25) is 0 Å². The molecular weight excluding hydrogens is 430 g/mol. The fourth-order valence-corrected chi connectivity index (χ4v) is 4.61. The van der Waals surface area contributed by atoms with Crippen LogP contribution in [0.4, 0.5) is 0 Å². The van der Waals surface area contributed by atoms with Crippen molar-refractivity contribution in [3.05, 3.63) is 0 Å². The maximum atomic E-state index is 13.0. The van der Waals surface area contributed by atoms with Crippen molar-refractivity contribution >= 4 is 17.7 Å². The summed E-state index contributed by atoms with van der Waals surface area (Å²) >= 11 is 0. The first-order valence-electron chi connectivity index (χ1n) is 13.6. The number of likely N-dealkylation sites (N-methyl/N-ethyl adjacent to an activating group) is 1. The van der Waals surface area contributed by atoms with Crippen LogP contribution in [0.15, 0.2) is 0 Å². The van der Waals surface area contributed by atoms with E-state index in [1.807, 2.05) is 6.92 Å². The number of amides is 3. The van der Waals surface area contributed by atoms with Crippen molar-refractivity contribution in [2.24, 2.45) is 17.8 Å². The van der Waals surface area contributed by atoms with Gasteiger partial charge in [0.1, 0.15) is 6.04 Å². The van der Waals surface area contributed by atoms with Crippen molar-refractivity contribution in [1.82, 2.24) is 15.5 Å². The van der Waals surface area contributed by atoms with Crippen molar-refractivity contribution in [2.75, 3.05) is 13.6 Å². The minimum atomic E-state index is -0.828. The third-order valence-corrected chi connectivity index (χ3v) is 7.42. The number of aliphatic hydroxyl groups excluding tert-OH is 1. The maximum Gasteiger partial charge on any atom is 0.242 e. The molecule has 7 nitrogen and oxygen atoms in total. The normalized spacial score (nSPS) is 28.1. The van der Waals surface area contributed by atoms with Gasteiger partial charge in [-0.3, -0.25) is 14.4 Å². The monoisotopic (exact) mass is 481 g/mol. The maximum absolute atomic E-state index is 13.0. The number of carbonyl (C=O) groups excluding carboxylic acids is 3. The van der Waals surface area contributed by atoms with Crippen LogP contribution in [0.1, 0.15) is 105 Å². The van der Waals surface area contributed by atoms with E-state index in [4.69, 9.17) is 0 Å². The third kappa shape index (κ3) is 11.2. The summed E-state index contributed by atoms with van der Waals surface area (Å²) < 4.78 is 0. The average Bonchev–Trinajstić information content (AvgIpc) is 2.80. The number of unbranched alkanes of at least 4 members (excludes halogenated alkanes) is 1. The molecule has 198 valence electrons. The van der Waals surface area contributed by atoms with Gasteiger partial charge in [0.25, 0.3) is 0 Å². The number of nitrogens with zero attached hydrogens (tertiary/aromatic N) is 1. The van der Waals surface area contributed by atoms with E-state index in [-0.39, 0.29) is 30.1 Å². The van der Waals surface area contributed by atoms with Gasteiger partial charge >= 0.3 is 0 Å². The lowest BCUT2D eigenvalue weighted by Crippen LogP contribution is -2.52. The highest BCUT2D eigenvalue weighted by molar-refractivity contribution is 5.87. The molecule has 0 bridgehead atoms. The number of rotatable bonds is 7. The highest BCUT2D eigenvalue weighted by atomic mass is 16.3. The van der Waals surface area contributed by atoms with Crippen LogP contribution in [0, 0.1) is 17.8 Å². The minimum Gasteiger partial charge on any atom is -0.391 e. The van der Waals surface area contributed by atoms with Gasteiger partial charge in [-0.2, -0.15) is 0 Å². The molecule has 6 atom stereocenters. The molecule has 1 aliphatic heterocycles. The second-order valence-electron chi connectivity index (χ2n) is 10.8. The van der Waals surface area contributed by atoms with E-state index < -0.39 is 18.2 Å². The fraction of sp³-hybridized carbons (Fsp3) is 0.889. The van der Waals surface area contributed by atoms with Gasteiger partial charge in [-0.05, 0) is 44.4 Å². The zero-order valence-electron chi connectivity index (χ0n) is 22.6. The Morgan fingerprint density at radius 3 is 2.41 bits per heavy atom. The Hall–Kier alpha value is -1.63. The van der Waals surface area contributed by atoms with Crippen LogP contribution in [0.25, 0.3) is 0 Å². The van der Waals surface area contributed by atoms with E-state index in [9.17, 15) is 19.5 Å². The Kier molecular flexibility index (Phi) is 14.4. The lowest BCUT2D eigenvalue weighted by molar-refractivity contribution is -0.139. The number of hydrogen-bond acceptors (Lipinski definition) is 4. The summed E-state index contributed by atoms with van der Waals surface area (Å²) in [5.41, 5.74) is 0. The van der Waals surface area contributed by atoms with Crippen molar-refractivity contribution in [3.63, 3.8) is 0 Å². The van der Waals surface area contributed by atoms with Crippen LogP contribution >= 0.6 is 0 Å². The Morgan fingerprint density at radius 2 is 1.76 bits per heavy atom. The summed E-state index contributed by atoms with van der Waals surface area (Å²) in [6.45, 7) is 10.6. The van der Waals surface area contributed by atoms with Gasteiger partial charge in [0.05, 0.1) is 12.1 Å². The molecule has 1 heterocycles. The number of hydrogen-bond donors (Lipinski definition) is 3. The van der Waals surface area contributed by atoms with Gasteiger partial charge in [0.15, 0.2) is 0 Å². The summed E-state index contributed by atoms with van der Waals surface area (Å²) in [5.74, 6) is 0.161. The molecule has 34 heavy (non-hydrogen) atoms. The molecule has 3 amide bonds. The van der Waals surface area contributed by atoms with Crippen molar-refractivity contribution in [3.8, 4) is 0 Å².